The minimum atomic E-state index is 0.234. The Bertz CT molecular complexity index is 128. The average molecular weight is 202 g/mol. The highest BCUT2D eigenvalue weighted by Gasteiger charge is 1.80. The van der Waals surface area contributed by atoms with Gasteiger partial charge in [-0.15, -0.1) is 0 Å². The van der Waals surface area contributed by atoms with E-state index < -0.39 is 0 Å². The summed E-state index contributed by atoms with van der Waals surface area (Å²) in [6.45, 7) is 0.467. The maximum atomic E-state index is 8.47. The van der Waals surface area contributed by atoms with Crippen LogP contribution in [0.1, 0.15) is 12.8 Å². The third kappa shape index (κ3) is 11.8. The molecule has 0 aliphatic carbocycles. The monoisotopic (exact) mass is 202 g/mol. The summed E-state index contributed by atoms with van der Waals surface area (Å²) in [4.78, 5) is 0. The van der Waals surface area contributed by atoms with Crippen LogP contribution in [0.3, 0.4) is 0 Å². The number of thioether (sulfide) groups is 1. The fourth-order valence-electron chi connectivity index (χ4n) is 0.725. The number of hydrogen-bond acceptors (Lipinski definition) is 3. The van der Waals surface area contributed by atoms with Gasteiger partial charge in [-0.05, 0) is 12.8 Å². The Morgan fingerprint density at radius 2 is 1.23 bits per heavy atom. The Labute approximate surface area is 84.4 Å². The van der Waals surface area contributed by atoms with Crippen molar-refractivity contribution in [1.82, 2.24) is 0 Å². The maximum Gasteiger partial charge on any atom is 0.0465 e. The van der Waals surface area contributed by atoms with Crippen LogP contribution in [-0.2, 0) is 0 Å². The molecule has 0 atom stereocenters. The normalized spacial score (nSPS) is 11.8. The third-order valence-corrected chi connectivity index (χ3v) is 2.21. The van der Waals surface area contributed by atoms with Gasteiger partial charge in [0.25, 0.3) is 0 Å². The highest BCUT2D eigenvalue weighted by molar-refractivity contribution is 7.99. The van der Waals surface area contributed by atoms with Gasteiger partial charge in [-0.2, -0.15) is 11.8 Å². The average Bonchev–Trinajstić information content (AvgIpc) is 2.16. The molecule has 3 heteroatoms. The van der Waals surface area contributed by atoms with Crippen LogP contribution in [0.5, 0.6) is 0 Å². The van der Waals surface area contributed by atoms with Gasteiger partial charge in [0, 0.05) is 24.7 Å². The van der Waals surface area contributed by atoms with Crippen LogP contribution in [-0.4, -0.2) is 34.9 Å². The van der Waals surface area contributed by atoms with Crippen LogP contribution in [0, 0.1) is 0 Å². The summed E-state index contributed by atoms with van der Waals surface area (Å²) in [5.41, 5.74) is 0. The first-order valence-corrected chi connectivity index (χ1v) is 5.66. The van der Waals surface area contributed by atoms with Crippen molar-refractivity contribution in [1.29, 1.82) is 0 Å². The molecule has 0 amide bonds. The van der Waals surface area contributed by atoms with E-state index in [2.05, 4.69) is 12.2 Å². The van der Waals surface area contributed by atoms with E-state index in [-0.39, 0.29) is 13.2 Å². The van der Waals surface area contributed by atoms with Crippen molar-refractivity contribution in [2.45, 2.75) is 12.8 Å². The van der Waals surface area contributed by atoms with E-state index in [4.69, 9.17) is 10.2 Å². The van der Waals surface area contributed by atoms with E-state index in [0.29, 0.717) is 0 Å². The van der Waals surface area contributed by atoms with Crippen LogP contribution in [0.2, 0.25) is 0 Å². The summed E-state index contributed by atoms with van der Waals surface area (Å²) in [6, 6.07) is 0. The van der Waals surface area contributed by atoms with Crippen molar-refractivity contribution in [3.05, 3.63) is 24.3 Å². The first-order chi connectivity index (χ1) is 6.41. The lowest BCUT2D eigenvalue weighted by atomic mass is 10.4. The summed E-state index contributed by atoms with van der Waals surface area (Å²) in [6.07, 6.45) is 9.62. The number of hydrogen-bond donors (Lipinski definition) is 2. The summed E-state index contributed by atoms with van der Waals surface area (Å²) in [5, 5.41) is 16.9. The molecule has 0 heterocycles. The fraction of sp³-hybridized carbons (Fsp3) is 0.600. The molecule has 0 aliphatic heterocycles. The third-order valence-electron chi connectivity index (χ3n) is 1.35. The zero-order valence-corrected chi connectivity index (χ0v) is 8.67. The van der Waals surface area contributed by atoms with Gasteiger partial charge in [-0.3, -0.25) is 0 Å². The largest absolute Gasteiger partial charge is 0.396 e. The molecule has 0 saturated carbocycles. The molecule has 76 valence electrons. The smallest absolute Gasteiger partial charge is 0.0465 e. The quantitative estimate of drug-likeness (QED) is 0.464. The summed E-state index contributed by atoms with van der Waals surface area (Å²) in [5.74, 6) is 1.98. The molecule has 0 fully saturated rings. The molecule has 0 radical (unpaired) electrons. The van der Waals surface area contributed by atoms with Gasteiger partial charge in [-0.1, -0.05) is 24.3 Å². The first kappa shape index (κ1) is 12.8. The highest BCUT2D eigenvalue weighted by Crippen LogP contribution is 2.01. The number of rotatable bonds is 8. The van der Waals surface area contributed by atoms with Crippen LogP contribution in [0.25, 0.3) is 0 Å². The Kier molecular flexibility index (Phi) is 11.5. The van der Waals surface area contributed by atoms with Crippen molar-refractivity contribution in [3.63, 3.8) is 0 Å². The van der Waals surface area contributed by atoms with E-state index in [1.807, 2.05) is 23.9 Å². The SMILES string of the molecule is OCCC=CCSCC=CCCO. The second kappa shape index (κ2) is 11.8. The topological polar surface area (TPSA) is 40.5 Å². The molecule has 0 unspecified atom stereocenters. The Balaban J connectivity index is 3.07. The maximum absolute atomic E-state index is 8.47. The number of aliphatic hydroxyl groups excluding tert-OH is 2. The molecule has 0 rings (SSSR count). The zero-order chi connectivity index (χ0) is 9.78. The van der Waals surface area contributed by atoms with Gasteiger partial charge < -0.3 is 10.2 Å². The lowest BCUT2D eigenvalue weighted by Gasteiger charge is -1.91. The predicted octanol–water partition coefficient (Wildman–Crippen LogP) is 1.60. The molecule has 13 heavy (non-hydrogen) atoms. The zero-order valence-electron chi connectivity index (χ0n) is 7.85. The second-order valence-corrected chi connectivity index (χ2v) is 3.58. The van der Waals surface area contributed by atoms with Crippen molar-refractivity contribution < 1.29 is 10.2 Å². The van der Waals surface area contributed by atoms with Gasteiger partial charge in [0.1, 0.15) is 0 Å². The molecule has 0 saturated heterocycles. The molecule has 0 aliphatic rings. The van der Waals surface area contributed by atoms with E-state index in [9.17, 15) is 0 Å². The molecular weight excluding hydrogens is 184 g/mol. The van der Waals surface area contributed by atoms with E-state index in [1.54, 1.807) is 0 Å². The molecule has 0 aromatic rings. The van der Waals surface area contributed by atoms with Crippen LogP contribution >= 0.6 is 11.8 Å². The second-order valence-electron chi connectivity index (χ2n) is 2.50. The Morgan fingerprint density at radius 1 is 0.769 bits per heavy atom. The lowest BCUT2D eigenvalue weighted by molar-refractivity contribution is 0.302. The molecule has 0 aromatic heterocycles. The van der Waals surface area contributed by atoms with Gasteiger partial charge in [-0.25, -0.2) is 0 Å². The Hall–Kier alpha value is -0.250. The summed E-state index contributed by atoms with van der Waals surface area (Å²) >= 11 is 1.82. The minimum absolute atomic E-state index is 0.234. The number of aliphatic hydroxyl groups is 2. The fourth-order valence-corrected chi connectivity index (χ4v) is 1.41. The minimum Gasteiger partial charge on any atom is -0.396 e. The molecule has 2 nitrogen and oxygen atoms in total. The van der Waals surface area contributed by atoms with Gasteiger partial charge in [0.15, 0.2) is 0 Å². The van der Waals surface area contributed by atoms with Crippen LogP contribution in [0.4, 0.5) is 0 Å². The van der Waals surface area contributed by atoms with E-state index in [1.165, 1.54) is 0 Å². The van der Waals surface area contributed by atoms with Crippen molar-refractivity contribution in [2.24, 2.45) is 0 Å². The molecule has 0 aromatic carbocycles. The molecule has 2 N–H and O–H groups in total. The van der Waals surface area contributed by atoms with Crippen molar-refractivity contribution in [2.75, 3.05) is 24.7 Å². The van der Waals surface area contributed by atoms with Gasteiger partial charge in [0.05, 0.1) is 0 Å². The van der Waals surface area contributed by atoms with Gasteiger partial charge in [0.2, 0.25) is 0 Å². The molecule has 0 bridgehead atoms. The van der Waals surface area contributed by atoms with E-state index >= 15 is 0 Å². The van der Waals surface area contributed by atoms with Crippen LogP contribution in [0.15, 0.2) is 24.3 Å². The lowest BCUT2D eigenvalue weighted by Crippen LogP contribution is -1.79. The standard InChI is InChI=1S/C10H18O2S/c11-7-3-1-5-9-13-10-6-2-4-8-12/h1-2,5-6,11-12H,3-4,7-10H2. The summed E-state index contributed by atoms with van der Waals surface area (Å²) in [7, 11) is 0. The summed E-state index contributed by atoms with van der Waals surface area (Å²) < 4.78 is 0. The van der Waals surface area contributed by atoms with Gasteiger partial charge >= 0.3 is 0 Å². The Morgan fingerprint density at radius 3 is 1.62 bits per heavy atom. The van der Waals surface area contributed by atoms with Crippen molar-refractivity contribution >= 4 is 11.8 Å². The first-order valence-electron chi connectivity index (χ1n) is 4.51. The predicted molar refractivity (Wildman–Crippen MR) is 59.0 cm³/mol. The highest BCUT2D eigenvalue weighted by atomic mass is 32.2. The molecular formula is C10H18O2S. The van der Waals surface area contributed by atoms with Crippen molar-refractivity contribution in [3.8, 4) is 0 Å². The van der Waals surface area contributed by atoms with E-state index in [0.717, 1.165) is 24.3 Å². The molecule has 0 spiro atoms. The van der Waals surface area contributed by atoms with Crippen LogP contribution < -0.4 is 0 Å².